The van der Waals surface area contributed by atoms with Gasteiger partial charge in [-0.1, -0.05) is 23.2 Å². The van der Waals surface area contributed by atoms with Gasteiger partial charge in [0, 0.05) is 27.6 Å². The molecule has 0 bridgehead atoms. The molecule has 0 aliphatic rings. The molecule has 3 aromatic rings. The van der Waals surface area contributed by atoms with Gasteiger partial charge in [-0.2, -0.15) is 0 Å². The van der Waals surface area contributed by atoms with Gasteiger partial charge in [-0.3, -0.25) is 14.9 Å². The molecule has 1 heterocycles. The zero-order chi connectivity index (χ0) is 22.7. The van der Waals surface area contributed by atoms with Crippen LogP contribution in [-0.4, -0.2) is 28.4 Å². The lowest BCUT2D eigenvalue weighted by Crippen LogP contribution is -2.10. The SMILES string of the molecule is CCOC(=O)c1[nH]c2cc(Cl)cc(Cl)c2c1/C=C/C(=O)Nc1ccc(F)cc1[N+](=O)[O-]. The topological polar surface area (TPSA) is 114 Å². The number of nitro benzene ring substituents is 1. The van der Waals surface area contributed by atoms with E-state index in [0.717, 1.165) is 18.2 Å². The molecule has 0 saturated carbocycles. The molecular weight excluding hydrogens is 452 g/mol. The first kappa shape index (κ1) is 22.3. The van der Waals surface area contributed by atoms with Crippen LogP contribution in [0.2, 0.25) is 10.0 Å². The summed E-state index contributed by atoms with van der Waals surface area (Å²) in [5.74, 6) is -2.23. The van der Waals surface area contributed by atoms with Crippen LogP contribution in [0.15, 0.2) is 36.4 Å². The van der Waals surface area contributed by atoms with Gasteiger partial charge in [0.15, 0.2) is 0 Å². The van der Waals surface area contributed by atoms with Crippen molar-refractivity contribution >= 4 is 63.4 Å². The quantitative estimate of drug-likeness (QED) is 0.220. The number of nitro groups is 1. The van der Waals surface area contributed by atoms with Crippen LogP contribution in [0.5, 0.6) is 0 Å². The molecule has 3 rings (SSSR count). The summed E-state index contributed by atoms with van der Waals surface area (Å²) in [6, 6.07) is 5.79. The van der Waals surface area contributed by atoms with Crippen LogP contribution in [0.25, 0.3) is 17.0 Å². The number of aromatic nitrogens is 1. The van der Waals surface area contributed by atoms with E-state index in [1.54, 1.807) is 13.0 Å². The van der Waals surface area contributed by atoms with E-state index in [-0.39, 0.29) is 28.6 Å². The Hall–Kier alpha value is -3.43. The molecule has 0 radical (unpaired) electrons. The maximum absolute atomic E-state index is 13.3. The van der Waals surface area contributed by atoms with Crippen molar-refractivity contribution in [1.82, 2.24) is 4.98 Å². The van der Waals surface area contributed by atoms with Crippen LogP contribution in [0.3, 0.4) is 0 Å². The molecule has 0 unspecified atom stereocenters. The van der Waals surface area contributed by atoms with Crippen molar-refractivity contribution in [3.63, 3.8) is 0 Å². The first-order valence-corrected chi connectivity index (χ1v) is 9.57. The van der Waals surface area contributed by atoms with E-state index in [1.807, 2.05) is 0 Å². The fraction of sp³-hybridized carbons (Fsp3) is 0.100. The first-order valence-electron chi connectivity index (χ1n) is 8.82. The summed E-state index contributed by atoms with van der Waals surface area (Å²) >= 11 is 12.3. The number of fused-ring (bicyclic) bond motifs is 1. The summed E-state index contributed by atoms with van der Waals surface area (Å²) in [4.78, 5) is 37.8. The fourth-order valence-electron chi connectivity index (χ4n) is 2.90. The molecule has 0 saturated heterocycles. The molecule has 0 aliphatic heterocycles. The third-order valence-electron chi connectivity index (χ3n) is 4.15. The zero-order valence-corrected chi connectivity index (χ0v) is 17.4. The van der Waals surface area contributed by atoms with E-state index in [2.05, 4.69) is 10.3 Å². The van der Waals surface area contributed by atoms with Crippen LogP contribution in [0.4, 0.5) is 15.8 Å². The minimum atomic E-state index is -0.815. The number of rotatable bonds is 6. The Morgan fingerprint density at radius 2 is 2.03 bits per heavy atom. The van der Waals surface area contributed by atoms with E-state index >= 15 is 0 Å². The van der Waals surface area contributed by atoms with Crippen molar-refractivity contribution in [2.45, 2.75) is 6.92 Å². The van der Waals surface area contributed by atoms with Gasteiger partial charge in [0.25, 0.3) is 5.69 Å². The highest BCUT2D eigenvalue weighted by Gasteiger charge is 2.20. The van der Waals surface area contributed by atoms with Crippen LogP contribution >= 0.6 is 23.2 Å². The third-order valence-corrected chi connectivity index (χ3v) is 4.66. The maximum Gasteiger partial charge on any atom is 0.355 e. The number of carbonyl (C=O) groups is 2. The molecule has 2 N–H and O–H groups in total. The molecule has 11 heteroatoms. The first-order chi connectivity index (χ1) is 14.7. The lowest BCUT2D eigenvalue weighted by atomic mass is 10.1. The molecule has 0 fully saturated rings. The van der Waals surface area contributed by atoms with Gasteiger partial charge in [-0.25, -0.2) is 9.18 Å². The number of hydrogen-bond donors (Lipinski definition) is 2. The summed E-state index contributed by atoms with van der Waals surface area (Å²) in [5, 5.41) is 14.4. The van der Waals surface area contributed by atoms with Crippen molar-refractivity contribution in [1.29, 1.82) is 0 Å². The number of carbonyl (C=O) groups excluding carboxylic acids is 2. The van der Waals surface area contributed by atoms with E-state index in [4.69, 9.17) is 27.9 Å². The minimum Gasteiger partial charge on any atom is -0.461 e. The summed E-state index contributed by atoms with van der Waals surface area (Å²) < 4.78 is 18.3. The molecular formula is C20H14Cl2FN3O5. The van der Waals surface area contributed by atoms with Crippen molar-refractivity contribution in [3.05, 3.63) is 73.6 Å². The van der Waals surface area contributed by atoms with Crippen molar-refractivity contribution in [2.24, 2.45) is 0 Å². The maximum atomic E-state index is 13.3. The van der Waals surface area contributed by atoms with E-state index in [0.29, 0.717) is 22.0 Å². The number of amides is 1. The molecule has 0 aliphatic carbocycles. The van der Waals surface area contributed by atoms with Gasteiger partial charge in [0.1, 0.15) is 17.2 Å². The number of hydrogen-bond acceptors (Lipinski definition) is 5. The Morgan fingerprint density at radius 3 is 2.71 bits per heavy atom. The molecule has 0 atom stereocenters. The molecule has 160 valence electrons. The molecule has 0 spiro atoms. The highest BCUT2D eigenvalue weighted by molar-refractivity contribution is 6.39. The van der Waals surface area contributed by atoms with E-state index in [1.165, 1.54) is 12.1 Å². The number of nitrogens with one attached hydrogen (secondary N) is 2. The lowest BCUT2D eigenvalue weighted by molar-refractivity contribution is -0.384. The summed E-state index contributed by atoms with van der Waals surface area (Å²) in [6.07, 6.45) is 2.37. The molecule has 31 heavy (non-hydrogen) atoms. The monoisotopic (exact) mass is 465 g/mol. The second kappa shape index (κ2) is 9.15. The predicted octanol–water partition coefficient (Wildman–Crippen LogP) is 5.35. The van der Waals surface area contributed by atoms with Crippen molar-refractivity contribution in [3.8, 4) is 0 Å². The van der Waals surface area contributed by atoms with Gasteiger partial charge >= 0.3 is 5.97 Å². The van der Waals surface area contributed by atoms with Gasteiger partial charge in [-0.05, 0) is 37.3 Å². The number of anilines is 1. The van der Waals surface area contributed by atoms with Gasteiger partial charge in [0.05, 0.1) is 22.6 Å². The number of aromatic amines is 1. The number of H-pyrrole nitrogens is 1. The average molecular weight is 466 g/mol. The van der Waals surface area contributed by atoms with Crippen LogP contribution < -0.4 is 5.32 Å². The molecule has 1 amide bonds. The Kier molecular flexibility index (Phi) is 6.57. The van der Waals surface area contributed by atoms with Crippen molar-refractivity contribution < 1.29 is 23.6 Å². The van der Waals surface area contributed by atoms with Gasteiger partial charge < -0.3 is 15.0 Å². The fourth-order valence-corrected chi connectivity index (χ4v) is 3.49. The van der Waals surface area contributed by atoms with Crippen molar-refractivity contribution in [2.75, 3.05) is 11.9 Å². The minimum absolute atomic E-state index is 0.0535. The number of ether oxygens (including phenoxy) is 1. The summed E-state index contributed by atoms with van der Waals surface area (Å²) in [7, 11) is 0. The number of esters is 1. The van der Waals surface area contributed by atoms with E-state index in [9.17, 15) is 24.1 Å². The Bertz CT molecular complexity index is 1240. The van der Waals surface area contributed by atoms with E-state index < -0.39 is 28.3 Å². The third kappa shape index (κ3) is 4.84. The lowest BCUT2D eigenvalue weighted by Gasteiger charge is -2.04. The normalized spacial score (nSPS) is 11.1. The predicted molar refractivity (Wildman–Crippen MR) is 115 cm³/mol. The second-order valence-electron chi connectivity index (χ2n) is 6.19. The number of halogens is 3. The second-order valence-corrected chi connectivity index (χ2v) is 7.03. The summed E-state index contributed by atoms with van der Waals surface area (Å²) in [5.41, 5.74) is 0.000589. The van der Waals surface area contributed by atoms with Crippen LogP contribution in [0, 0.1) is 15.9 Å². The molecule has 1 aromatic heterocycles. The largest absolute Gasteiger partial charge is 0.461 e. The number of nitrogens with zero attached hydrogens (tertiary/aromatic N) is 1. The zero-order valence-electron chi connectivity index (χ0n) is 15.9. The average Bonchev–Trinajstić information content (AvgIpc) is 3.06. The highest BCUT2D eigenvalue weighted by Crippen LogP contribution is 2.34. The number of benzene rings is 2. The smallest absolute Gasteiger partial charge is 0.355 e. The molecule has 2 aromatic carbocycles. The molecule has 8 nitrogen and oxygen atoms in total. The Labute approximate surface area is 184 Å². The van der Waals surface area contributed by atoms with Crippen LogP contribution in [-0.2, 0) is 9.53 Å². The standard InChI is InChI=1S/C20H14Cl2FN3O5/c1-2-31-20(28)19-12(18-13(22)7-10(21)8-15(18)25-19)4-6-17(27)24-14-5-3-11(23)9-16(14)26(29)30/h3-9,25H,2H2,1H3,(H,24,27)/b6-4+. The summed E-state index contributed by atoms with van der Waals surface area (Å²) in [6.45, 7) is 1.77. The Morgan fingerprint density at radius 1 is 1.29 bits per heavy atom. The van der Waals surface area contributed by atoms with Gasteiger partial charge in [0.2, 0.25) is 5.91 Å². The van der Waals surface area contributed by atoms with Gasteiger partial charge in [-0.15, -0.1) is 0 Å². The van der Waals surface area contributed by atoms with Crippen LogP contribution in [0.1, 0.15) is 23.0 Å². The highest BCUT2D eigenvalue weighted by atomic mass is 35.5. The Balaban J connectivity index is 1.99.